The van der Waals surface area contributed by atoms with E-state index in [0.29, 0.717) is 13.1 Å². The average Bonchev–Trinajstić information content (AvgIpc) is 2.62. The zero-order valence-electron chi connectivity index (χ0n) is 11.4. The third-order valence-corrected chi connectivity index (χ3v) is 3.70. The maximum atomic E-state index is 12.6. The van der Waals surface area contributed by atoms with E-state index in [0.717, 1.165) is 19.4 Å². The van der Waals surface area contributed by atoms with Gasteiger partial charge in [-0.05, 0) is 47.1 Å². The molecule has 2 saturated heterocycles. The third-order valence-electron chi connectivity index (χ3n) is 3.70. The normalized spacial score (nSPS) is 37.2. The van der Waals surface area contributed by atoms with Crippen LogP contribution >= 0.6 is 0 Å². The Bertz CT molecular complexity index is 309. The van der Waals surface area contributed by atoms with E-state index in [1.54, 1.807) is 0 Å². The number of hydrogen-bond donors (Lipinski definition) is 1. The van der Waals surface area contributed by atoms with Crippen molar-refractivity contribution in [1.82, 2.24) is 10.2 Å². The highest BCUT2D eigenvalue weighted by atomic mass is 16.5. The van der Waals surface area contributed by atoms with Gasteiger partial charge in [-0.2, -0.15) is 0 Å². The summed E-state index contributed by atoms with van der Waals surface area (Å²) >= 11 is 0. The van der Waals surface area contributed by atoms with Gasteiger partial charge in [0.15, 0.2) is 0 Å². The van der Waals surface area contributed by atoms with E-state index >= 15 is 0 Å². The molecule has 4 nitrogen and oxygen atoms in total. The summed E-state index contributed by atoms with van der Waals surface area (Å²) in [5, 5.41) is 3.34. The summed E-state index contributed by atoms with van der Waals surface area (Å²) < 4.78 is 5.84. The van der Waals surface area contributed by atoms with Gasteiger partial charge in [-0.25, -0.2) is 0 Å². The van der Waals surface area contributed by atoms with Crippen LogP contribution in [0.4, 0.5) is 0 Å². The standard InChI is InChI=1S/C13H24N2O2/c1-10-8-15(9-12(2,3)17-10)11(16)13(4)6-5-7-14-13/h10,14H,5-9H2,1-4H3. The van der Waals surface area contributed by atoms with Gasteiger partial charge in [0, 0.05) is 13.1 Å². The zero-order chi connectivity index (χ0) is 12.7. The van der Waals surface area contributed by atoms with Crippen LogP contribution in [0.25, 0.3) is 0 Å². The molecule has 0 bridgehead atoms. The average molecular weight is 240 g/mol. The molecule has 0 aromatic carbocycles. The van der Waals surface area contributed by atoms with Crippen molar-refractivity contribution >= 4 is 5.91 Å². The lowest BCUT2D eigenvalue weighted by molar-refractivity contribution is -0.162. The Morgan fingerprint density at radius 3 is 2.65 bits per heavy atom. The monoisotopic (exact) mass is 240 g/mol. The van der Waals surface area contributed by atoms with Gasteiger partial charge in [0.2, 0.25) is 5.91 Å². The molecule has 98 valence electrons. The molecule has 2 aliphatic rings. The first-order valence-electron chi connectivity index (χ1n) is 6.55. The topological polar surface area (TPSA) is 41.6 Å². The molecular weight excluding hydrogens is 216 g/mol. The van der Waals surface area contributed by atoms with Crippen molar-refractivity contribution in [3.8, 4) is 0 Å². The fourth-order valence-electron chi connectivity index (χ4n) is 3.03. The molecule has 17 heavy (non-hydrogen) atoms. The highest BCUT2D eigenvalue weighted by molar-refractivity contribution is 5.86. The summed E-state index contributed by atoms with van der Waals surface area (Å²) in [6.45, 7) is 10.5. The summed E-state index contributed by atoms with van der Waals surface area (Å²) in [5.74, 6) is 0.234. The summed E-state index contributed by atoms with van der Waals surface area (Å²) in [7, 11) is 0. The molecule has 2 fully saturated rings. The van der Waals surface area contributed by atoms with Crippen molar-refractivity contribution in [1.29, 1.82) is 0 Å². The molecule has 4 heteroatoms. The summed E-state index contributed by atoms with van der Waals surface area (Å²) in [4.78, 5) is 14.5. The Balaban J connectivity index is 2.09. The van der Waals surface area contributed by atoms with E-state index in [2.05, 4.69) is 5.32 Å². The molecule has 2 rings (SSSR count). The highest BCUT2D eigenvalue weighted by Gasteiger charge is 2.42. The van der Waals surface area contributed by atoms with Crippen LogP contribution in [-0.4, -0.2) is 47.7 Å². The molecule has 0 radical (unpaired) electrons. The van der Waals surface area contributed by atoms with Crippen LogP contribution < -0.4 is 5.32 Å². The number of carbonyl (C=O) groups is 1. The second kappa shape index (κ2) is 4.25. The van der Waals surface area contributed by atoms with Gasteiger partial charge < -0.3 is 15.0 Å². The molecule has 2 unspecified atom stereocenters. The smallest absolute Gasteiger partial charge is 0.242 e. The Hall–Kier alpha value is -0.610. The number of nitrogens with zero attached hydrogens (tertiary/aromatic N) is 1. The van der Waals surface area contributed by atoms with Crippen LogP contribution in [0.5, 0.6) is 0 Å². The molecule has 1 amide bonds. The van der Waals surface area contributed by atoms with Crippen molar-refractivity contribution in [3.05, 3.63) is 0 Å². The van der Waals surface area contributed by atoms with Gasteiger partial charge in [0.1, 0.15) is 0 Å². The lowest BCUT2D eigenvalue weighted by atomic mass is 9.96. The molecule has 0 aliphatic carbocycles. The van der Waals surface area contributed by atoms with Crippen LogP contribution in [0.3, 0.4) is 0 Å². The van der Waals surface area contributed by atoms with Crippen LogP contribution in [0.1, 0.15) is 40.5 Å². The Kier molecular flexibility index (Phi) is 3.21. The molecular formula is C13H24N2O2. The lowest BCUT2D eigenvalue weighted by Gasteiger charge is -2.44. The fraction of sp³-hybridized carbons (Fsp3) is 0.923. The van der Waals surface area contributed by atoms with Crippen LogP contribution in [-0.2, 0) is 9.53 Å². The summed E-state index contributed by atoms with van der Waals surface area (Å²) in [5.41, 5.74) is -0.588. The summed E-state index contributed by atoms with van der Waals surface area (Å²) in [6, 6.07) is 0. The summed E-state index contributed by atoms with van der Waals surface area (Å²) in [6.07, 6.45) is 2.15. The SMILES string of the molecule is CC1CN(C(=O)C2(C)CCCN2)CC(C)(C)O1. The Morgan fingerprint density at radius 1 is 1.41 bits per heavy atom. The van der Waals surface area contributed by atoms with Crippen LogP contribution in [0.2, 0.25) is 0 Å². The maximum absolute atomic E-state index is 12.6. The van der Waals surface area contributed by atoms with Crippen LogP contribution in [0.15, 0.2) is 0 Å². The van der Waals surface area contributed by atoms with Gasteiger partial charge in [-0.1, -0.05) is 0 Å². The molecule has 1 N–H and O–H groups in total. The van der Waals surface area contributed by atoms with Crippen molar-refractivity contribution in [2.75, 3.05) is 19.6 Å². The largest absolute Gasteiger partial charge is 0.369 e. The Morgan fingerprint density at radius 2 is 2.12 bits per heavy atom. The minimum absolute atomic E-state index is 0.118. The van der Waals surface area contributed by atoms with E-state index < -0.39 is 0 Å². The lowest BCUT2D eigenvalue weighted by Crippen LogP contribution is -2.60. The van der Waals surface area contributed by atoms with Gasteiger partial charge in [0.05, 0.1) is 17.2 Å². The third kappa shape index (κ3) is 2.63. The number of amides is 1. The first-order chi connectivity index (χ1) is 7.82. The van der Waals surface area contributed by atoms with Crippen molar-refractivity contribution in [2.45, 2.75) is 57.8 Å². The van der Waals surface area contributed by atoms with E-state index in [9.17, 15) is 4.79 Å². The second-order valence-corrected chi connectivity index (χ2v) is 6.24. The predicted octanol–water partition coefficient (Wildman–Crippen LogP) is 1.15. The van der Waals surface area contributed by atoms with Gasteiger partial charge in [0.25, 0.3) is 0 Å². The van der Waals surface area contributed by atoms with Gasteiger partial charge >= 0.3 is 0 Å². The minimum Gasteiger partial charge on any atom is -0.369 e. The van der Waals surface area contributed by atoms with Crippen molar-refractivity contribution in [3.63, 3.8) is 0 Å². The number of morpholine rings is 1. The Labute approximate surface area is 104 Å². The van der Waals surface area contributed by atoms with E-state index in [-0.39, 0.29) is 23.2 Å². The van der Waals surface area contributed by atoms with Gasteiger partial charge in [-0.3, -0.25) is 4.79 Å². The molecule has 0 aromatic heterocycles. The highest BCUT2D eigenvalue weighted by Crippen LogP contribution is 2.26. The number of rotatable bonds is 1. The molecule has 0 spiro atoms. The van der Waals surface area contributed by atoms with Crippen LogP contribution in [0, 0.1) is 0 Å². The van der Waals surface area contributed by atoms with Crippen molar-refractivity contribution < 1.29 is 9.53 Å². The van der Waals surface area contributed by atoms with Gasteiger partial charge in [-0.15, -0.1) is 0 Å². The molecule has 0 aromatic rings. The predicted molar refractivity (Wildman–Crippen MR) is 66.8 cm³/mol. The molecule has 2 heterocycles. The minimum atomic E-state index is -0.354. The first-order valence-corrected chi connectivity index (χ1v) is 6.55. The van der Waals surface area contributed by atoms with E-state index in [4.69, 9.17) is 4.74 Å². The number of ether oxygens (including phenoxy) is 1. The molecule has 2 aliphatic heterocycles. The zero-order valence-corrected chi connectivity index (χ0v) is 11.4. The maximum Gasteiger partial charge on any atom is 0.242 e. The molecule has 0 saturated carbocycles. The van der Waals surface area contributed by atoms with E-state index in [1.807, 2.05) is 32.6 Å². The first kappa shape index (κ1) is 12.8. The van der Waals surface area contributed by atoms with Crippen molar-refractivity contribution in [2.24, 2.45) is 0 Å². The number of carbonyl (C=O) groups excluding carboxylic acids is 1. The second-order valence-electron chi connectivity index (χ2n) is 6.24. The number of nitrogens with one attached hydrogen (secondary N) is 1. The molecule has 2 atom stereocenters. The number of hydrogen-bond acceptors (Lipinski definition) is 3. The quantitative estimate of drug-likeness (QED) is 0.747. The fourth-order valence-corrected chi connectivity index (χ4v) is 3.03. The van der Waals surface area contributed by atoms with E-state index in [1.165, 1.54) is 0 Å².